The Hall–Kier alpha value is -11.3. The standard InChI is InChI=1S/C85H60BN3/c1-85(2,3)69-53-76-81(82-72(61-27-15-7-16-28-61)47-67(59-37-35-56(55-87)36-38-59)48-73(82)62-29-17-8-18-30-62)71-45-41-65(57-23-11-5-12-24-57)51-77(71)86-78-52-66(58-25-13-6-14-26-58)42-46-79(78)89(80(54-69)83(76)86)84-74(63-31-19-9-20-32-63)49-68(60-39-43-70(88-4)44-40-60)50-75(84)64-33-21-10-22-34-64/h5-54,81H,1-3H3. The van der Waals surface area contributed by atoms with Gasteiger partial charge in [0, 0.05) is 28.4 Å². The van der Waals surface area contributed by atoms with Gasteiger partial charge in [0.2, 0.25) is 6.71 Å². The first-order valence-electron chi connectivity index (χ1n) is 30.6. The van der Waals surface area contributed by atoms with Crippen molar-refractivity contribution >= 4 is 45.9 Å². The average Bonchev–Trinajstić information content (AvgIpc) is 0.732. The number of anilines is 3. The SMILES string of the molecule is [C-]#[N+]c1ccc(-c2cc(-c3ccccc3)c(N3c4ccc(-c5ccccc5)cc4B4c5cc(-c6ccccc6)ccc5C(c5c(-c6ccccc6)cc(-c6ccc(C#N)cc6)cc5-c5ccccc5)c5cc(C(C)(C)C)cc3c54)c(-c3ccccc3)c2)cc1. The summed E-state index contributed by atoms with van der Waals surface area (Å²) < 4.78 is 0. The van der Waals surface area contributed by atoms with E-state index >= 15 is 0 Å². The van der Waals surface area contributed by atoms with Crippen LogP contribution in [0.3, 0.4) is 0 Å². The van der Waals surface area contributed by atoms with Crippen LogP contribution >= 0.6 is 0 Å². The molecule has 15 rings (SSSR count). The van der Waals surface area contributed by atoms with Crippen molar-refractivity contribution in [2.24, 2.45) is 0 Å². The first-order valence-corrected chi connectivity index (χ1v) is 30.6. The molecule has 2 aliphatic heterocycles. The Morgan fingerprint density at radius 2 is 0.787 bits per heavy atom. The summed E-state index contributed by atoms with van der Waals surface area (Å²) in [6.07, 6.45) is 0. The van der Waals surface area contributed by atoms with Gasteiger partial charge in [0.25, 0.3) is 0 Å². The predicted molar refractivity (Wildman–Crippen MR) is 373 cm³/mol. The second kappa shape index (κ2) is 22.5. The Morgan fingerprint density at radius 3 is 1.25 bits per heavy atom. The number of hydrogen-bond acceptors (Lipinski definition) is 2. The summed E-state index contributed by atoms with van der Waals surface area (Å²) in [5.41, 5.74) is 31.0. The largest absolute Gasteiger partial charge is 0.310 e. The number of nitriles is 1. The molecular formula is C85H60BN3. The van der Waals surface area contributed by atoms with Gasteiger partial charge in [-0.05, 0) is 165 Å². The van der Waals surface area contributed by atoms with Crippen LogP contribution in [0.25, 0.3) is 93.9 Å². The van der Waals surface area contributed by atoms with E-state index in [9.17, 15) is 5.26 Å². The number of rotatable bonds is 10. The van der Waals surface area contributed by atoms with Crippen molar-refractivity contribution in [3.05, 3.63) is 343 Å². The van der Waals surface area contributed by atoms with Gasteiger partial charge >= 0.3 is 0 Å². The smallest absolute Gasteiger partial charge is 0.247 e. The van der Waals surface area contributed by atoms with Crippen LogP contribution < -0.4 is 21.3 Å². The van der Waals surface area contributed by atoms with Crippen LogP contribution in [0.2, 0.25) is 0 Å². The minimum atomic E-state index is -0.290. The fourth-order valence-corrected chi connectivity index (χ4v) is 13.9. The van der Waals surface area contributed by atoms with Gasteiger partial charge in [-0.25, -0.2) is 4.85 Å². The van der Waals surface area contributed by atoms with Crippen LogP contribution in [0.15, 0.2) is 303 Å². The van der Waals surface area contributed by atoms with E-state index in [4.69, 9.17) is 6.57 Å². The van der Waals surface area contributed by atoms with Crippen molar-refractivity contribution in [1.82, 2.24) is 0 Å². The zero-order valence-corrected chi connectivity index (χ0v) is 49.9. The van der Waals surface area contributed by atoms with E-state index in [0.29, 0.717) is 11.3 Å². The molecule has 89 heavy (non-hydrogen) atoms. The van der Waals surface area contributed by atoms with Gasteiger partial charge in [-0.2, -0.15) is 5.26 Å². The zero-order valence-electron chi connectivity index (χ0n) is 49.9. The fourth-order valence-electron chi connectivity index (χ4n) is 13.9. The number of nitrogens with zero attached hydrogens (tertiary/aromatic N) is 3. The molecule has 0 aromatic heterocycles. The topological polar surface area (TPSA) is 31.4 Å². The number of hydrogen-bond donors (Lipinski definition) is 0. The molecule has 2 heterocycles. The summed E-state index contributed by atoms with van der Waals surface area (Å²) in [6, 6.07) is 113. The molecule has 1 unspecified atom stereocenters. The van der Waals surface area contributed by atoms with E-state index in [2.05, 4.69) is 316 Å². The van der Waals surface area contributed by atoms with Gasteiger partial charge in [0.1, 0.15) is 0 Å². The molecular weight excluding hydrogens is 1070 g/mol. The van der Waals surface area contributed by atoms with E-state index in [0.717, 1.165) is 95.0 Å². The maximum absolute atomic E-state index is 9.98. The molecule has 1 atom stereocenters. The van der Waals surface area contributed by atoms with Crippen molar-refractivity contribution in [3.63, 3.8) is 0 Å². The molecule has 0 spiro atoms. The Balaban J connectivity index is 1.12. The van der Waals surface area contributed by atoms with Crippen LogP contribution in [-0.4, -0.2) is 6.71 Å². The van der Waals surface area contributed by atoms with Crippen LogP contribution in [-0.2, 0) is 5.41 Å². The second-order valence-electron chi connectivity index (χ2n) is 24.5. The zero-order chi connectivity index (χ0) is 60.2. The minimum Gasteiger partial charge on any atom is -0.310 e. The average molecular weight is 1130 g/mol. The van der Waals surface area contributed by atoms with Crippen molar-refractivity contribution in [2.45, 2.75) is 32.1 Å². The molecule has 0 bridgehead atoms. The van der Waals surface area contributed by atoms with Gasteiger partial charge in [-0.15, -0.1) is 0 Å². The molecule has 0 N–H and O–H groups in total. The molecule has 3 nitrogen and oxygen atoms in total. The maximum atomic E-state index is 9.98. The minimum absolute atomic E-state index is 0.197. The van der Waals surface area contributed by atoms with Crippen LogP contribution in [0, 0.1) is 17.9 Å². The quantitative estimate of drug-likeness (QED) is 0.101. The van der Waals surface area contributed by atoms with Crippen LogP contribution in [0.4, 0.5) is 22.7 Å². The van der Waals surface area contributed by atoms with Crippen LogP contribution in [0.1, 0.15) is 54.5 Å². The molecule has 0 aliphatic carbocycles. The summed E-state index contributed by atoms with van der Waals surface area (Å²) in [4.78, 5) is 6.43. The molecule has 13 aromatic carbocycles. The van der Waals surface area contributed by atoms with E-state index in [1.165, 1.54) is 49.8 Å². The summed E-state index contributed by atoms with van der Waals surface area (Å²) in [5.74, 6) is -0.272. The molecule has 0 saturated carbocycles. The first kappa shape index (κ1) is 54.4. The summed E-state index contributed by atoms with van der Waals surface area (Å²) in [5, 5.41) is 9.98. The summed E-state index contributed by atoms with van der Waals surface area (Å²) in [6.45, 7) is 14.7. The lowest BCUT2D eigenvalue weighted by molar-refractivity contribution is 0.589. The maximum Gasteiger partial charge on any atom is 0.247 e. The van der Waals surface area contributed by atoms with Crippen molar-refractivity contribution in [3.8, 4) is 95.1 Å². The molecule has 0 saturated heterocycles. The van der Waals surface area contributed by atoms with Crippen molar-refractivity contribution < 1.29 is 0 Å². The molecule has 418 valence electrons. The highest BCUT2D eigenvalue weighted by Crippen LogP contribution is 2.54. The van der Waals surface area contributed by atoms with E-state index in [-0.39, 0.29) is 18.0 Å². The van der Waals surface area contributed by atoms with E-state index in [1.807, 2.05) is 24.3 Å². The summed E-state index contributed by atoms with van der Waals surface area (Å²) >= 11 is 0. The van der Waals surface area contributed by atoms with Gasteiger partial charge in [0.15, 0.2) is 5.69 Å². The first-order chi connectivity index (χ1) is 43.7. The highest BCUT2D eigenvalue weighted by atomic mass is 15.2. The number of fused-ring (bicyclic) bond motifs is 4. The fraction of sp³-hybridized carbons (Fsp3) is 0.0588. The normalized spacial score (nSPS) is 12.9. The highest BCUT2D eigenvalue weighted by molar-refractivity contribution is 6.99. The molecule has 0 amide bonds. The lowest BCUT2D eigenvalue weighted by atomic mass is 9.30. The summed E-state index contributed by atoms with van der Waals surface area (Å²) in [7, 11) is 0. The highest BCUT2D eigenvalue weighted by Gasteiger charge is 2.47. The van der Waals surface area contributed by atoms with E-state index < -0.39 is 0 Å². The second-order valence-corrected chi connectivity index (χ2v) is 24.5. The third-order valence-corrected chi connectivity index (χ3v) is 18.2. The van der Waals surface area contributed by atoms with E-state index in [1.54, 1.807) is 0 Å². The lowest BCUT2D eigenvalue weighted by Crippen LogP contribution is -2.62. The molecule has 4 heteroatoms. The third-order valence-electron chi connectivity index (χ3n) is 18.2. The van der Waals surface area contributed by atoms with Gasteiger partial charge < -0.3 is 4.90 Å². The molecule has 0 fully saturated rings. The van der Waals surface area contributed by atoms with Gasteiger partial charge in [-0.3, -0.25) is 0 Å². The molecule has 2 aliphatic rings. The predicted octanol–water partition coefficient (Wildman–Crippen LogP) is 20.5. The Kier molecular flexibility index (Phi) is 13.8. The Labute approximate surface area is 522 Å². The Bertz CT molecular complexity index is 4480. The van der Waals surface area contributed by atoms with Gasteiger partial charge in [-0.1, -0.05) is 281 Å². The lowest BCUT2D eigenvalue weighted by Gasteiger charge is -2.45. The van der Waals surface area contributed by atoms with Gasteiger partial charge in [0.05, 0.1) is 23.9 Å². The Morgan fingerprint density at radius 1 is 0.382 bits per heavy atom. The molecule has 13 aromatic rings. The monoisotopic (exact) mass is 1130 g/mol. The third kappa shape index (κ3) is 9.83. The van der Waals surface area contributed by atoms with Crippen LogP contribution in [0.5, 0.6) is 0 Å². The van der Waals surface area contributed by atoms with Crippen molar-refractivity contribution in [1.29, 1.82) is 5.26 Å². The molecule has 0 radical (unpaired) electrons. The number of benzene rings is 13. The van der Waals surface area contributed by atoms with Crippen molar-refractivity contribution in [2.75, 3.05) is 4.90 Å².